The highest BCUT2D eigenvalue weighted by molar-refractivity contribution is 5.93. The fraction of sp³-hybridized carbons (Fsp3) is 0.273. The number of nitrogens with one attached hydrogen (secondary N) is 1. The number of anilines is 2. The van der Waals surface area contributed by atoms with Gasteiger partial charge in [-0.3, -0.25) is 4.79 Å². The van der Waals surface area contributed by atoms with Gasteiger partial charge in [0.05, 0.1) is 0 Å². The van der Waals surface area contributed by atoms with E-state index in [-0.39, 0.29) is 5.91 Å². The zero-order valence-corrected chi connectivity index (χ0v) is 16.5. The molecule has 0 atom stereocenters. The quantitative estimate of drug-likeness (QED) is 0.724. The van der Waals surface area contributed by atoms with E-state index in [9.17, 15) is 4.79 Å². The Bertz CT molecular complexity index is 953. The molecule has 1 saturated heterocycles. The van der Waals surface area contributed by atoms with E-state index in [1.54, 1.807) is 12.3 Å². The summed E-state index contributed by atoms with van der Waals surface area (Å²) in [5, 5.41) is 3.27. The van der Waals surface area contributed by atoms with Gasteiger partial charge in [-0.1, -0.05) is 35.9 Å². The number of aryl methyl sites for hydroxylation is 1. The number of amides is 1. The fourth-order valence-corrected chi connectivity index (χ4v) is 3.31. The highest BCUT2D eigenvalue weighted by Crippen LogP contribution is 2.15. The predicted octanol–water partition coefficient (Wildman–Crippen LogP) is 2.75. The van der Waals surface area contributed by atoms with E-state index >= 15 is 0 Å². The maximum absolute atomic E-state index is 12.9. The topological polar surface area (TPSA) is 74.2 Å². The molecule has 0 aliphatic carbocycles. The Morgan fingerprint density at radius 2 is 1.79 bits per heavy atom. The lowest BCUT2D eigenvalue weighted by Gasteiger charge is -2.35. The van der Waals surface area contributed by atoms with E-state index in [1.807, 2.05) is 23.1 Å². The van der Waals surface area contributed by atoms with Crippen LogP contribution in [-0.4, -0.2) is 51.9 Å². The number of hydrogen-bond donors (Lipinski definition) is 1. The summed E-state index contributed by atoms with van der Waals surface area (Å²) in [7, 11) is 0. The van der Waals surface area contributed by atoms with Gasteiger partial charge in [-0.2, -0.15) is 0 Å². The van der Waals surface area contributed by atoms with Crippen LogP contribution in [0.4, 0.5) is 11.6 Å². The van der Waals surface area contributed by atoms with Crippen LogP contribution in [0, 0.1) is 6.92 Å². The van der Waals surface area contributed by atoms with Gasteiger partial charge in [0.1, 0.15) is 23.7 Å². The van der Waals surface area contributed by atoms with E-state index in [0.29, 0.717) is 31.1 Å². The van der Waals surface area contributed by atoms with Crippen LogP contribution < -0.4 is 10.2 Å². The van der Waals surface area contributed by atoms with Gasteiger partial charge < -0.3 is 15.1 Å². The van der Waals surface area contributed by atoms with Gasteiger partial charge in [-0.25, -0.2) is 15.0 Å². The molecule has 7 heteroatoms. The largest absolute Gasteiger partial charge is 0.366 e. The summed E-state index contributed by atoms with van der Waals surface area (Å²) in [6.45, 7) is 5.51. The SMILES string of the molecule is Cc1ccc(CNc2cc(C(=O)N3CCN(c4ccccn4)CC3)ncn2)cc1. The van der Waals surface area contributed by atoms with Crippen LogP contribution in [0.15, 0.2) is 61.1 Å². The molecular formula is C22H24N6O. The Hall–Kier alpha value is -3.48. The Kier molecular flexibility index (Phi) is 5.65. The standard InChI is InChI=1S/C22H24N6O/c1-17-5-7-18(8-6-17)15-24-20-14-19(25-16-26-20)22(29)28-12-10-27(11-13-28)21-4-2-3-9-23-21/h2-9,14,16H,10-13,15H2,1H3,(H,24,25,26). The van der Waals surface area contributed by atoms with Crippen molar-refractivity contribution in [1.82, 2.24) is 19.9 Å². The maximum Gasteiger partial charge on any atom is 0.272 e. The van der Waals surface area contributed by atoms with E-state index < -0.39 is 0 Å². The van der Waals surface area contributed by atoms with Gasteiger partial charge >= 0.3 is 0 Å². The maximum atomic E-state index is 12.9. The Labute approximate surface area is 170 Å². The van der Waals surface area contributed by atoms with E-state index in [4.69, 9.17) is 0 Å². The number of benzene rings is 1. The second kappa shape index (κ2) is 8.68. The molecule has 1 aromatic carbocycles. The number of carbonyl (C=O) groups excluding carboxylic acids is 1. The molecule has 1 N–H and O–H groups in total. The first-order valence-electron chi connectivity index (χ1n) is 9.76. The lowest BCUT2D eigenvalue weighted by molar-refractivity contribution is 0.0740. The Morgan fingerprint density at radius 1 is 1.00 bits per heavy atom. The number of hydrogen-bond acceptors (Lipinski definition) is 6. The molecule has 1 aliphatic rings. The summed E-state index contributed by atoms with van der Waals surface area (Å²) in [5.41, 5.74) is 2.80. The minimum Gasteiger partial charge on any atom is -0.366 e. The van der Waals surface area contributed by atoms with E-state index in [2.05, 4.69) is 56.4 Å². The number of nitrogens with zero attached hydrogens (tertiary/aromatic N) is 5. The summed E-state index contributed by atoms with van der Waals surface area (Å²) in [5.74, 6) is 1.53. The molecule has 0 spiro atoms. The molecule has 148 valence electrons. The highest BCUT2D eigenvalue weighted by atomic mass is 16.2. The fourth-order valence-electron chi connectivity index (χ4n) is 3.31. The number of aromatic nitrogens is 3. The summed E-state index contributed by atoms with van der Waals surface area (Å²) < 4.78 is 0. The van der Waals surface area contributed by atoms with Gasteiger partial charge in [0.2, 0.25) is 0 Å². The third kappa shape index (κ3) is 4.68. The number of rotatable bonds is 5. The van der Waals surface area contributed by atoms with Crippen molar-refractivity contribution in [2.45, 2.75) is 13.5 Å². The van der Waals surface area contributed by atoms with Crippen molar-refractivity contribution < 1.29 is 4.79 Å². The Morgan fingerprint density at radius 3 is 2.52 bits per heavy atom. The molecular weight excluding hydrogens is 364 g/mol. The molecule has 29 heavy (non-hydrogen) atoms. The van der Waals surface area contributed by atoms with Crippen molar-refractivity contribution in [2.75, 3.05) is 36.4 Å². The zero-order valence-electron chi connectivity index (χ0n) is 16.5. The lowest BCUT2D eigenvalue weighted by Crippen LogP contribution is -2.49. The minimum absolute atomic E-state index is 0.0635. The first-order valence-corrected chi connectivity index (χ1v) is 9.76. The van der Waals surface area contributed by atoms with Gasteiger partial charge in [-0.05, 0) is 24.6 Å². The van der Waals surface area contributed by atoms with Gasteiger partial charge in [0.25, 0.3) is 5.91 Å². The van der Waals surface area contributed by atoms with Crippen molar-refractivity contribution >= 4 is 17.5 Å². The van der Waals surface area contributed by atoms with E-state index in [1.165, 1.54) is 11.9 Å². The molecule has 4 rings (SSSR count). The van der Waals surface area contributed by atoms with Gasteiger partial charge in [0, 0.05) is 45.0 Å². The summed E-state index contributed by atoms with van der Waals surface area (Å²) >= 11 is 0. The van der Waals surface area contributed by atoms with Crippen LogP contribution in [0.3, 0.4) is 0 Å². The minimum atomic E-state index is -0.0635. The molecule has 0 radical (unpaired) electrons. The van der Waals surface area contributed by atoms with Crippen molar-refractivity contribution in [3.63, 3.8) is 0 Å². The predicted molar refractivity (Wildman–Crippen MR) is 113 cm³/mol. The summed E-state index contributed by atoms with van der Waals surface area (Å²) in [6.07, 6.45) is 3.23. The van der Waals surface area contributed by atoms with Gasteiger partial charge in [0.15, 0.2) is 0 Å². The molecule has 2 aromatic heterocycles. The molecule has 3 heterocycles. The molecule has 0 unspecified atom stereocenters. The van der Waals surface area contributed by atoms with Crippen molar-refractivity contribution in [3.8, 4) is 0 Å². The summed E-state index contributed by atoms with van der Waals surface area (Å²) in [4.78, 5) is 29.7. The van der Waals surface area contributed by atoms with E-state index in [0.717, 1.165) is 24.5 Å². The summed E-state index contributed by atoms with van der Waals surface area (Å²) in [6, 6.07) is 15.9. The van der Waals surface area contributed by atoms with Crippen LogP contribution in [-0.2, 0) is 6.54 Å². The Balaban J connectivity index is 1.35. The van der Waals surface area contributed by atoms with Gasteiger partial charge in [-0.15, -0.1) is 0 Å². The van der Waals surface area contributed by atoms with Crippen LogP contribution in [0.2, 0.25) is 0 Å². The zero-order chi connectivity index (χ0) is 20.1. The average molecular weight is 388 g/mol. The van der Waals surface area contributed by atoms with Crippen LogP contribution in [0.5, 0.6) is 0 Å². The van der Waals surface area contributed by atoms with Crippen LogP contribution in [0.1, 0.15) is 21.6 Å². The molecule has 0 bridgehead atoms. The first kappa shape index (κ1) is 18.9. The third-order valence-electron chi connectivity index (χ3n) is 5.02. The highest BCUT2D eigenvalue weighted by Gasteiger charge is 2.23. The van der Waals surface area contributed by atoms with Crippen molar-refractivity contribution in [1.29, 1.82) is 0 Å². The van der Waals surface area contributed by atoms with Crippen LogP contribution >= 0.6 is 0 Å². The second-order valence-corrected chi connectivity index (χ2v) is 7.09. The molecule has 1 amide bonds. The van der Waals surface area contributed by atoms with Crippen LogP contribution in [0.25, 0.3) is 0 Å². The van der Waals surface area contributed by atoms with Crippen molar-refractivity contribution in [2.24, 2.45) is 0 Å². The number of carbonyl (C=O) groups is 1. The molecule has 3 aromatic rings. The first-order chi connectivity index (χ1) is 14.2. The smallest absolute Gasteiger partial charge is 0.272 e. The number of piperazine rings is 1. The molecule has 1 aliphatic heterocycles. The molecule has 0 saturated carbocycles. The normalized spacial score (nSPS) is 14.0. The number of pyridine rings is 1. The molecule has 1 fully saturated rings. The average Bonchev–Trinajstić information content (AvgIpc) is 2.79. The third-order valence-corrected chi connectivity index (χ3v) is 5.02. The van der Waals surface area contributed by atoms with Crippen molar-refractivity contribution in [3.05, 3.63) is 77.9 Å². The second-order valence-electron chi connectivity index (χ2n) is 7.09. The lowest BCUT2D eigenvalue weighted by atomic mass is 10.1. The monoisotopic (exact) mass is 388 g/mol. The molecule has 7 nitrogen and oxygen atoms in total.